The van der Waals surface area contributed by atoms with Gasteiger partial charge in [0.05, 0.1) is 18.0 Å². The Labute approximate surface area is 177 Å². The molecule has 0 spiro atoms. The summed E-state index contributed by atoms with van der Waals surface area (Å²) in [6.45, 7) is 2.71. The quantitative estimate of drug-likeness (QED) is 0.785. The molecule has 0 aromatic heterocycles. The molecule has 4 rings (SSSR count). The van der Waals surface area contributed by atoms with Crippen LogP contribution in [-0.2, 0) is 16.4 Å². The zero-order chi connectivity index (χ0) is 20.6. The third-order valence-electron chi connectivity index (χ3n) is 5.68. The zero-order valence-electron chi connectivity index (χ0n) is 16.4. The molecule has 7 heteroatoms. The Balaban J connectivity index is 1.40. The highest BCUT2D eigenvalue weighted by atomic mass is 35.5. The summed E-state index contributed by atoms with van der Waals surface area (Å²) in [6.07, 6.45) is 4.46. The number of halogens is 1. The maximum Gasteiger partial charge on any atom is 0.232 e. The van der Waals surface area contributed by atoms with Crippen molar-refractivity contribution in [1.29, 1.82) is 0 Å². The number of hydrogen-bond donors (Lipinski definition) is 1. The van der Waals surface area contributed by atoms with Crippen molar-refractivity contribution >= 4 is 32.9 Å². The van der Waals surface area contributed by atoms with Crippen molar-refractivity contribution in [3.8, 4) is 0 Å². The van der Waals surface area contributed by atoms with Crippen molar-refractivity contribution in [3.63, 3.8) is 0 Å². The van der Waals surface area contributed by atoms with Crippen LogP contribution in [0, 0.1) is 0 Å². The Kier molecular flexibility index (Phi) is 5.71. The highest BCUT2D eigenvalue weighted by molar-refractivity contribution is 7.92. The Morgan fingerprint density at radius 2 is 1.86 bits per heavy atom. The maximum atomic E-state index is 11.9. The van der Waals surface area contributed by atoms with Gasteiger partial charge in [-0.2, -0.15) is 0 Å². The largest absolute Gasteiger partial charge is 0.387 e. The van der Waals surface area contributed by atoms with Crippen molar-refractivity contribution in [2.24, 2.45) is 0 Å². The number of benzene rings is 2. The van der Waals surface area contributed by atoms with E-state index < -0.39 is 16.1 Å². The van der Waals surface area contributed by atoms with Gasteiger partial charge in [-0.1, -0.05) is 41.9 Å². The van der Waals surface area contributed by atoms with Crippen molar-refractivity contribution < 1.29 is 13.5 Å². The van der Waals surface area contributed by atoms with Gasteiger partial charge in [-0.15, -0.1) is 0 Å². The van der Waals surface area contributed by atoms with Crippen LogP contribution in [0.1, 0.15) is 29.2 Å². The van der Waals surface area contributed by atoms with E-state index in [2.05, 4.69) is 11.0 Å². The lowest BCUT2D eigenvalue weighted by atomic mass is 9.98. The third-order valence-corrected chi connectivity index (χ3v) is 7.11. The van der Waals surface area contributed by atoms with Crippen LogP contribution >= 0.6 is 11.6 Å². The van der Waals surface area contributed by atoms with E-state index in [4.69, 9.17) is 11.6 Å². The first kappa shape index (κ1) is 20.4. The van der Waals surface area contributed by atoms with Crippen LogP contribution in [0.5, 0.6) is 0 Å². The number of sulfonamides is 1. The minimum atomic E-state index is -3.25. The van der Waals surface area contributed by atoms with E-state index in [9.17, 15) is 13.5 Å². The van der Waals surface area contributed by atoms with Crippen LogP contribution in [0.2, 0.25) is 5.02 Å². The van der Waals surface area contributed by atoms with E-state index in [1.54, 1.807) is 0 Å². The van der Waals surface area contributed by atoms with Crippen LogP contribution in [0.15, 0.2) is 48.5 Å². The summed E-state index contributed by atoms with van der Waals surface area (Å²) in [6, 6.07) is 13.5. The predicted octanol–water partition coefficient (Wildman–Crippen LogP) is 3.48. The number of fused-ring (bicyclic) bond motifs is 1. The molecular weight excluding hydrogens is 408 g/mol. The normalized spacial score (nSPS) is 18.4. The molecule has 0 saturated carbocycles. The van der Waals surface area contributed by atoms with E-state index in [1.807, 2.05) is 42.5 Å². The predicted molar refractivity (Wildman–Crippen MR) is 118 cm³/mol. The molecular formula is C22H25ClN2O3S. The molecule has 5 nitrogen and oxygen atoms in total. The van der Waals surface area contributed by atoms with Crippen molar-refractivity contribution in [2.75, 3.05) is 36.7 Å². The van der Waals surface area contributed by atoms with Gasteiger partial charge in [0.15, 0.2) is 0 Å². The monoisotopic (exact) mass is 432 g/mol. The van der Waals surface area contributed by atoms with E-state index in [0.29, 0.717) is 19.5 Å². The highest BCUT2D eigenvalue weighted by Gasteiger charge is 2.27. The molecule has 0 saturated heterocycles. The van der Waals surface area contributed by atoms with Crippen LogP contribution in [-0.4, -0.2) is 50.9 Å². The number of rotatable bonds is 5. The Morgan fingerprint density at radius 3 is 2.52 bits per heavy atom. The number of nitrogens with zero attached hydrogens (tertiary/aromatic N) is 2. The fourth-order valence-corrected chi connectivity index (χ4v) is 5.18. The molecule has 1 atom stereocenters. The van der Waals surface area contributed by atoms with Gasteiger partial charge in [-0.3, -0.25) is 9.21 Å². The molecule has 2 aromatic carbocycles. The molecule has 0 radical (unpaired) electrons. The second-order valence-corrected chi connectivity index (χ2v) is 10.1. The molecule has 29 heavy (non-hydrogen) atoms. The molecule has 2 aliphatic rings. The van der Waals surface area contributed by atoms with Gasteiger partial charge in [0.1, 0.15) is 0 Å². The van der Waals surface area contributed by atoms with Gasteiger partial charge in [0, 0.05) is 31.2 Å². The molecule has 0 fully saturated rings. The zero-order valence-corrected chi connectivity index (χ0v) is 18.0. The van der Waals surface area contributed by atoms with E-state index >= 15 is 0 Å². The second kappa shape index (κ2) is 8.11. The van der Waals surface area contributed by atoms with Gasteiger partial charge in [-0.25, -0.2) is 8.42 Å². The van der Waals surface area contributed by atoms with E-state index in [-0.39, 0.29) is 0 Å². The number of aliphatic hydroxyl groups is 1. The minimum Gasteiger partial charge on any atom is -0.387 e. The molecule has 0 amide bonds. The first-order valence-electron chi connectivity index (χ1n) is 9.77. The van der Waals surface area contributed by atoms with Crippen molar-refractivity contribution in [2.45, 2.75) is 18.9 Å². The maximum absolute atomic E-state index is 11.9. The first-order valence-corrected chi connectivity index (χ1v) is 12.0. The average molecular weight is 433 g/mol. The van der Waals surface area contributed by atoms with Crippen molar-refractivity contribution in [1.82, 2.24) is 4.90 Å². The SMILES string of the molecule is CS(=O)(=O)N1CCc2cc(C(O)CN3CC=C(c4ccc(Cl)cc4)CC3)ccc21. The smallest absolute Gasteiger partial charge is 0.232 e. The summed E-state index contributed by atoms with van der Waals surface area (Å²) in [5.41, 5.74) is 5.06. The fraction of sp³-hybridized carbons (Fsp3) is 0.364. The summed E-state index contributed by atoms with van der Waals surface area (Å²) in [5.74, 6) is 0. The van der Waals surface area contributed by atoms with Crippen molar-refractivity contribution in [3.05, 3.63) is 70.3 Å². The topological polar surface area (TPSA) is 60.9 Å². The summed E-state index contributed by atoms with van der Waals surface area (Å²) in [5, 5.41) is 11.5. The summed E-state index contributed by atoms with van der Waals surface area (Å²) >= 11 is 5.97. The molecule has 0 aliphatic carbocycles. The standard InChI is InChI=1S/C22H25ClN2O3S/c1-29(27,28)25-13-10-18-14-19(4-7-21(18)25)22(26)15-24-11-8-17(9-12-24)16-2-5-20(23)6-3-16/h2-8,14,22,26H,9-13,15H2,1H3. The fourth-order valence-electron chi connectivity index (χ4n) is 4.10. The average Bonchev–Trinajstić information content (AvgIpc) is 3.13. The van der Waals surface area contributed by atoms with Gasteiger partial charge in [-0.05, 0) is 53.3 Å². The first-order chi connectivity index (χ1) is 13.8. The molecule has 2 heterocycles. The lowest BCUT2D eigenvalue weighted by Gasteiger charge is -2.28. The lowest BCUT2D eigenvalue weighted by Crippen LogP contribution is -2.32. The summed E-state index contributed by atoms with van der Waals surface area (Å²) in [4.78, 5) is 2.24. The minimum absolute atomic E-state index is 0.470. The second-order valence-electron chi connectivity index (χ2n) is 7.73. The molecule has 2 aliphatic heterocycles. The molecule has 154 valence electrons. The Hall–Kier alpha value is -1.86. The highest BCUT2D eigenvalue weighted by Crippen LogP contribution is 2.32. The van der Waals surface area contributed by atoms with Gasteiger partial charge >= 0.3 is 0 Å². The van der Waals surface area contributed by atoms with Crippen LogP contribution in [0.25, 0.3) is 5.57 Å². The number of β-amino-alcohol motifs (C(OH)–C–C–N with tert-alkyl or cyclic N) is 1. The van der Waals surface area contributed by atoms with Gasteiger partial charge in [0.25, 0.3) is 0 Å². The number of aliphatic hydroxyl groups excluding tert-OH is 1. The Bertz CT molecular complexity index is 1030. The third kappa shape index (κ3) is 4.51. The van der Waals surface area contributed by atoms with Crippen LogP contribution < -0.4 is 4.31 Å². The van der Waals surface area contributed by atoms with E-state index in [0.717, 1.165) is 41.3 Å². The molecule has 1 N–H and O–H groups in total. The number of hydrogen-bond acceptors (Lipinski definition) is 4. The lowest BCUT2D eigenvalue weighted by molar-refractivity contribution is 0.119. The van der Waals surface area contributed by atoms with Gasteiger partial charge in [0.2, 0.25) is 10.0 Å². The van der Waals surface area contributed by atoms with E-state index in [1.165, 1.54) is 21.7 Å². The summed E-state index contributed by atoms with van der Waals surface area (Å²) in [7, 11) is -3.25. The number of anilines is 1. The molecule has 2 aromatic rings. The summed E-state index contributed by atoms with van der Waals surface area (Å²) < 4.78 is 25.2. The van der Waals surface area contributed by atoms with Gasteiger partial charge < -0.3 is 5.11 Å². The Morgan fingerprint density at radius 1 is 1.10 bits per heavy atom. The van der Waals surface area contributed by atoms with Crippen LogP contribution in [0.4, 0.5) is 5.69 Å². The molecule has 0 bridgehead atoms. The molecule has 1 unspecified atom stereocenters. The van der Waals surface area contributed by atoms with Crippen LogP contribution in [0.3, 0.4) is 0 Å².